The van der Waals surface area contributed by atoms with Crippen molar-refractivity contribution < 1.29 is 14.6 Å². The highest BCUT2D eigenvalue weighted by atomic mass is 16.5. The van der Waals surface area contributed by atoms with Gasteiger partial charge in [0.1, 0.15) is 5.75 Å². The third kappa shape index (κ3) is 3.60. The minimum atomic E-state index is -1.22. The summed E-state index contributed by atoms with van der Waals surface area (Å²) in [6.45, 7) is 3.07. The summed E-state index contributed by atoms with van der Waals surface area (Å²) in [6.07, 6.45) is 0.851. The predicted octanol–water partition coefficient (Wildman–Crippen LogP) is 3.52. The zero-order valence-electron chi connectivity index (χ0n) is 11.7. The highest BCUT2D eigenvalue weighted by molar-refractivity contribution is 5.76. The Labute approximate surface area is 118 Å². The largest absolute Gasteiger partial charge is 0.478 e. The predicted molar refractivity (Wildman–Crippen MR) is 78.0 cm³/mol. The van der Waals surface area contributed by atoms with Gasteiger partial charge in [0.15, 0.2) is 5.60 Å². The summed E-state index contributed by atoms with van der Waals surface area (Å²) in [5.41, 5.74) is 1.18. The lowest BCUT2D eigenvalue weighted by Gasteiger charge is -2.21. The Kier molecular flexibility index (Phi) is 4.08. The van der Waals surface area contributed by atoms with E-state index in [2.05, 4.69) is 12.1 Å². The maximum absolute atomic E-state index is 11.0. The first kappa shape index (κ1) is 14.1. The summed E-state index contributed by atoms with van der Waals surface area (Å²) in [6, 6.07) is 17.7. The lowest BCUT2D eigenvalue weighted by molar-refractivity contribution is -0.152. The van der Waals surface area contributed by atoms with Crippen LogP contribution in [0.2, 0.25) is 0 Å². The summed E-state index contributed by atoms with van der Waals surface area (Å²) >= 11 is 0. The van der Waals surface area contributed by atoms with Crippen LogP contribution in [0.15, 0.2) is 54.6 Å². The van der Waals surface area contributed by atoms with Gasteiger partial charge >= 0.3 is 5.97 Å². The van der Waals surface area contributed by atoms with Crippen molar-refractivity contribution in [3.8, 4) is 5.75 Å². The van der Waals surface area contributed by atoms with E-state index >= 15 is 0 Å². The second-order valence-electron chi connectivity index (χ2n) is 5.22. The molecule has 3 nitrogen and oxygen atoms in total. The average molecular weight is 270 g/mol. The van der Waals surface area contributed by atoms with E-state index in [0.717, 1.165) is 12.0 Å². The molecule has 0 aliphatic carbocycles. The fraction of sp³-hybridized carbons (Fsp3) is 0.235. The van der Waals surface area contributed by atoms with Crippen molar-refractivity contribution in [2.75, 3.05) is 0 Å². The second kappa shape index (κ2) is 5.78. The number of carbonyl (C=O) groups is 1. The van der Waals surface area contributed by atoms with Crippen molar-refractivity contribution in [3.05, 3.63) is 65.7 Å². The van der Waals surface area contributed by atoms with E-state index in [0.29, 0.717) is 5.75 Å². The highest BCUT2D eigenvalue weighted by Gasteiger charge is 2.29. The number of rotatable bonds is 5. The van der Waals surface area contributed by atoms with E-state index in [1.54, 1.807) is 0 Å². The van der Waals surface area contributed by atoms with Crippen molar-refractivity contribution in [1.82, 2.24) is 0 Å². The molecule has 0 unspecified atom stereocenters. The summed E-state index contributed by atoms with van der Waals surface area (Å²) in [5.74, 6) is -0.417. The molecule has 0 saturated heterocycles. The van der Waals surface area contributed by atoms with Crippen LogP contribution in [0.1, 0.15) is 25.0 Å². The molecule has 0 amide bonds. The molecule has 0 fully saturated rings. The lowest BCUT2D eigenvalue weighted by atomic mass is 10.0. The fourth-order valence-corrected chi connectivity index (χ4v) is 1.85. The van der Waals surface area contributed by atoms with E-state index in [1.165, 1.54) is 19.4 Å². The minimum Gasteiger partial charge on any atom is -0.478 e. The molecular formula is C17H18O3. The van der Waals surface area contributed by atoms with E-state index in [1.807, 2.05) is 42.5 Å². The zero-order valence-corrected chi connectivity index (χ0v) is 11.7. The SMILES string of the molecule is CC(C)(Oc1ccc(Cc2ccccc2)cc1)C(=O)O. The summed E-state index contributed by atoms with van der Waals surface area (Å²) in [4.78, 5) is 11.0. The van der Waals surface area contributed by atoms with Crippen molar-refractivity contribution >= 4 is 5.97 Å². The molecule has 0 aromatic heterocycles. The van der Waals surface area contributed by atoms with E-state index < -0.39 is 11.6 Å². The van der Waals surface area contributed by atoms with Crippen molar-refractivity contribution in [3.63, 3.8) is 0 Å². The molecule has 0 bridgehead atoms. The monoisotopic (exact) mass is 270 g/mol. The molecule has 0 spiro atoms. The van der Waals surface area contributed by atoms with Gasteiger partial charge in [-0.2, -0.15) is 0 Å². The Balaban J connectivity index is 2.05. The molecular weight excluding hydrogens is 252 g/mol. The molecule has 1 N–H and O–H groups in total. The molecule has 3 heteroatoms. The Bertz CT molecular complexity index is 571. The van der Waals surface area contributed by atoms with Crippen LogP contribution >= 0.6 is 0 Å². The number of carboxylic acid groups (broad SMARTS) is 1. The zero-order chi connectivity index (χ0) is 14.6. The molecule has 2 aromatic rings. The van der Waals surface area contributed by atoms with Gasteiger partial charge in [-0.1, -0.05) is 42.5 Å². The summed E-state index contributed by atoms with van der Waals surface area (Å²) in [7, 11) is 0. The number of benzene rings is 2. The first-order valence-electron chi connectivity index (χ1n) is 6.53. The molecule has 0 aliphatic rings. The molecule has 0 radical (unpaired) electrons. The number of aliphatic carboxylic acids is 1. The Morgan fingerprint density at radius 1 is 1.00 bits per heavy atom. The molecule has 20 heavy (non-hydrogen) atoms. The van der Waals surface area contributed by atoms with Gasteiger partial charge < -0.3 is 9.84 Å². The lowest BCUT2D eigenvalue weighted by Crippen LogP contribution is -2.37. The summed E-state index contributed by atoms with van der Waals surface area (Å²) < 4.78 is 5.47. The minimum absolute atomic E-state index is 0.564. The molecule has 0 aliphatic heterocycles. The van der Waals surface area contributed by atoms with Crippen LogP contribution in [0.4, 0.5) is 0 Å². The van der Waals surface area contributed by atoms with Gasteiger partial charge in [-0.3, -0.25) is 0 Å². The van der Waals surface area contributed by atoms with E-state index in [4.69, 9.17) is 9.84 Å². The smallest absolute Gasteiger partial charge is 0.347 e. The first-order valence-corrected chi connectivity index (χ1v) is 6.53. The number of ether oxygens (including phenoxy) is 1. The van der Waals surface area contributed by atoms with Gasteiger partial charge in [-0.05, 0) is 43.5 Å². The topological polar surface area (TPSA) is 46.5 Å². The van der Waals surface area contributed by atoms with Gasteiger partial charge in [0, 0.05) is 0 Å². The molecule has 0 heterocycles. The van der Waals surface area contributed by atoms with Crippen LogP contribution < -0.4 is 4.74 Å². The maximum atomic E-state index is 11.0. The number of hydrogen-bond donors (Lipinski definition) is 1. The van der Waals surface area contributed by atoms with Gasteiger partial charge in [-0.25, -0.2) is 4.79 Å². The second-order valence-corrected chi connectivity index (χ2v) is 5.22. The van der Waals surface area contributed by atoms with Crippen LogP contribution in [0.25, 0.3) is 0 Å². The highest BCUT2D eigenvalue weighted by Crippen LogP contribution is 2.20. The van der Waals surface area contributed by atoms with Crippen LogP contribution in [-0.2, 0) is 11.2 Å². The quantitative estimate of drug-likeness (QED) is 0.904. The average Bonchev–Trinajstić information content (AvgIpc) is 2.42. The van der Waals surface area contributed by atoms with E-state index in [9.17, 15) is 4.79 Å². The van der Waals surface area contributed by atoms with Crippen molar-refractivity contribution in [2.24, 2.45) is 0 Å². The third-order valence-electron chi connectivity index (χ3n) is 3.06. The molecule has 2 rings (SSSR count). The Hall–Kier alpha value is -2.29. The number of carboxylic acids is 1. The molecule has 0 saturated carbocycles. The van der Waals surface area contributed by atoms with Gasteiger partial charge in [0.2, 0.25) is 0 Å². The Morgan fingerprint density at radius 2 is 1.55 bits per heavy atom. The van der Waals surface area contributed by atoms with Crippen LogP contribution in [-0.4, -0.2) is 16.7 Å². The third-order valence-corrected chi connectivity index (χ3v) is 3.06. The molecule has 104 valence electrons. The number of hydrogen-bond acceptors (Lipinski definition) is 2. The standard InChI is InChI=1S/C17H18O3/c1-17(2,16(18)19)20-15-10-8-14(9-11-15)12-13-6-4-3-5-7-13/h3-11H,12H2,1-2H3,(H,18,19). The normalized spacial score (nSPS) is 11.1. The van der Waals surface area contributed by atoms with Gasteiger partial charge in [0.25, 0.3) is 0 Å². The van der Waals surface area contributed by atoms with Crippen molar-refractivity contribution in [2.45, 2.75) is 25.9 Å². The van der Waals surface area contributed by atoms with E-state index in [-0.39, 0.29) is 0 Å². The fourth-order valence-electron chi connectivity index (χ4n) is 1.85. The molecule has 2 aromatic carbocycles. The van der Waals surface area contributed by atoms with Crippen LogP contribution in [0, 0.1) is 0 Å². The van der Waals surface area contributed by atoms with Gasteiger partial charge in [-0.15, -0.1) is 0 Å². The summed E-state index contributed by atoms with van der Waals surface area (Å²) in [5, 5.41) is 9.03. The molecule has 0 atom stereocenters. The van der Waals surface area contributed by atoms with Crippen molar-refractivity contribution in [1.29, 1.82) is 0 Å². The maximum Gasteiger partial charge on any atom is 0.347 e. The van der Waals surface area contributed by atoms with Gasteiger partial charge in [0.05, 0.1) is 0 Å². The Morgan fingerprint density at radius 3 is 2.10 bits per heavy atom. The first-order chi connectivity index (χ1) is 9.47. The van der Waals surface area contributed by atoms with Crippen LogP contribution in [0.3, 0.4) is 0 Å². The van der Waals surface area contributed by atoms with Crippen LogP contribution in [0.5, 0.6) is 5.75 Å².